The number of hydrogen-bond donors (Lipinski definition) is 2. The molecular weight excluding hydrogens is 406 g/mol. The maximum Gasteiger partial charge on any atom is 0.253 e. The monoisotopic (exact) mass is 435 g/mol. The molecule has 4 rings (SSSR count). The summed E-state index contributed by atoms with van der Waals surface area (Å²) in [5.41, 5.74) is 3.81. The number of thiocarbonyl (C=S) groups is 1. The van der Waals surface area contributed by atoms with Gasteiger partial charge in [-0.2, -0.15) is 0 Å². The number of aromatic nitrogens is 1. The molecule has 2 atom stereocenters. The zero-order valence-electron chi connectivity index (χ0n) is 18.1. The minimum atomic E-state index is -0.0763. The number of rotatable bonds is 6. The lowest BCUT2D eigenvalue weighted by Gasteiger charge is -2.30. The van der Waals surface area contributed by atoms with Crippen LogP contribution in [0.2, 0.25) is 0 Å². The van der Waals surface area contributed by atoms with Gasteiger partial charge in [-0.15, -0.1) is 0 Å². The van der Waals surface area contributed by atoms with Gasteiger partial charge in [0, 0.05) is 24.2 Å². The number of nitrogens with one attached hydrogen (secondary N) is 2. The first-order chi connectivity index (χ1) is 15.0. The molecule has 1 aliphatic heterocycles. The third-order valence-electron chi connectivity index (χ3n) is 5.81. The van der Waals surface area contributed by atoms with E-state index in [1.54, 1.807) is 0 Å². The minimum Gasteiger partial charge on any atom is -0.376 e. The first-order valence-corrected chi connectivity index (χ1v) is 11.2. The van der Waals surface area contributed by atoms with E-state index in [4.69, 9.17) is 17.0 Å². The van der Waals surface area contributed by atoms with Crippen molar-refractivity contribution in [1.82, 2.24) is 15.2 Å². The molecule has 6 heteroatoms. The van der Waals surface area contributed by atoms with Gasteiger partial charge in [0.2, 0.25) is 0 Å². The largest absolute Gasteiger partial charge is 0.376 e. The predicted octanol–water partition coefficient (Wildman–Crippen LogP) is 4.45. The van der Waals surface area contributed by atoms with Crippen molar-refractivity contribution in [3.8, 4) is 0 Å². The van der Waals surface area contributed by atoms with E-state index in [0.717, 1.165) is 35.9 Å². The first-order valence-electron chi connectivity index (χ1n) is 10.8. The number of aryl methyl sites for hydroxylation is 1. The van der Waals surface area contributed by atoms with Crippen LogP contribution in [0.3, 0.4) is 0 Å². The molecule has 2 heterocycles. The Morgan fingerprint density at radius 2 is 2.06 bits per heavy atom. The molecule has 1 fully saturated rings. The highest BCUT2D eigenvalue weighted by Gasteiger charge is 2.23. The van der Waals surface area contributed by atoms with E-state index in [0.29, 0.717) is 23.8 Å². The number of pyridine rings is 1. The minimum absolute atomic E-state index is 0.0678. The van der Waals surface area contributed by atoms with E-state index in [9.17, 15) is 4.79 Å². The van der Waals surface area contributed by atoms with Gasteiger partial charge in [0.25, 0.3) is 5.56 Å². The summed E-state index contributed by atoms with van der Waals surface area (Å²) in [4.78, 5) is 17.9. The number of hydrogen-bond acceptors (Lipinski definition) is 3. The molecule has 162 valence electrons. The second-order valence-electron chi connectivity index (χ2n) is 8.31. The molecule has 2 unspecified atom stereocenters. The number of H-pyrrole nitrogens is 1. The molecule has 2 N–H and O–H groups in total. The molecule has 0 bridgehead atoms. The molecule has 1 saturated heterocycles. The normalized spacial score (nSPS) is 16.9. The van der Waals surface area contributed by atoms with Crippen LogP contribution >= 0.6 is 12.2 Å². The van der Waals surface area contributed by atoms with Crippen LogP contribution in [0.1, 0.15) is 42.5 Å². The third-order valence-corrected chi connectivity index (χ3v) is 6.19. The summed E-state index contributed by atoms with van der Waals surface area (Å²) in [6, 6.07) is 18.3. The van der Waals surface area contributed by atoms with Crippen molar-refractivity contribution in [2.24, 2.45) is 0 Å². The van der Waals surface area contributed by atoms with Crippen LogP contribution in [-0.2, 0) is 11.3 Å². The van der Waals surface area contributed by atoms with E-state index in [2.05, 4.69) is 47.2 Å². The maximum absolute atomic E-state index is 12.8. The Kier molecular flexibility index (Phi) is 6.68. The van der Waals surface area contributed by atoms with Crippen LogP contribution in [0.4, 0.5) is 0 Å². The molecule has 0 radical (unpaired) electrons. The number of aromatic amines is 1. The number of nitrogens with zero attached hydrogens (tertiary/aromatic N) is 1. The van der Waals surface area contributed by atoms with Crippen molar-refractivity contribution in [2.75, 3.05) is 13.2 Å². The lowest BCUT2D eigenvalue weighted by Crippen LogP contribution is -2.44. The van der Waals surface area contributed by atoms with Crippen LogP contribution in [0, 0.1) is 6.92 Å². The lowest BCUT2D eigenvalue weighted by atomic mass is 10.1. The van der Waals surface area contributed by atoms with Crippen LogP contribution in [0.25, 0.3) is 10.9 Å². The van der Waals surface area contributed by atoms with Crippen molar-refractivity contribution < 1.29 is 4.74 Å². The van der Waals surface area contributed by atoms with E-state index in [1.807, 2.05) is 36.4 Å². The van der Waals surface area contributed by atoms with Gasteiger partial charge in [0.05, 0.1) is 18.7 Å². The molecular formula is C25H29N3O2S. The maximum atomic E-state index is 12.8. The second-order valence-corrected chi connectivity index (χ2v) is 8.70. The van der Waals surface area contributed by atoms with E-state index in [1.165, 1.54) is 5.56 Å². The second kappa shape index (κ2) is 9.62. The molecule has 0 amide bonds. The van der Waals surface area contributed by atoms with Gasteiger partial charge in [-0.25, -0.2) is 0 Å². The van der Waals surface area contributed by atoms with Gasteiger partial charge in [0.15, 0.2) is 5.11 Å². The van der Waals surface area contributed by atoms with Gasteiger partial charge < -0.3 is 19.9 Å². The van der Waals surface area contributed by atoms with E-state index in [-0.39, 0.29) is 17.7 Å². The molecule has 31 heavy (non-hydrogen) atoms. The summed E-state index contributed by atoms with van der Waals surface area (Å²) in [7, 11) is 0. The highest BCUT2D eigenvalue weighted by Crippen LogP contribution is 2.18. The Hall–Kier alpha value is -2.70. The Bertz CT molecular complexity index is 1110. The fourth-order valence-electron chi connectivity index (χ4n) is 4.05. The summed E-state index contributed by atoms with van der Waals surface area (Å²) in [5.74, 6) is 0. The van der Waals surface area contributed by atoms with Crippen molar-refractivity contribution in [2.45, 2.75) is 45.4 Å². The first kappa shape index (κ1) is 21.5. The number of fused-ring (bicyclic) bond motifs is 1. The number of ether oxygens (including phenoxy) is 1. The predicted molar refractivity (Wildman–Crippen MR) is 129 cm³/mol. The fourth-order valence-corrected chi connectivity index (χ4v) is 4.37. The van der Waals surface area contributed by atoms with Gasteiger partial charge in [-0.1, -0.05) is 42.0 Å². The van der Waals surface area contributed by atoms with Crippen LogP contribution in [0.5, 0.6) is 0 Å². The summed E-state index contributed by atoms with van der Waals surface area (Å²) in [6.07, 6.45) is 2.21. The molecule has 1 aromatic heterocycles. The van der Waals surface area contributed by atoms with Crippen molar-refractivity contribution >= 4 is 28.2 Å². The van der Waals surface area contributed by atoms with E-state index >= 15 is 0 Å². The Morgan fingerprint density at radius 1 is 1.26 bits per heavy atom. The average Bonchev–Trinajstić information content (AvgIpc) is 3.27. The SMILES string of the molecule is Cc1ccc2[nH]c(=O)c(CN(CC3CCCO3)C(=S)NC(C)c3ccccc3)cc2c1. The Balaban J connectivity index is 1.57. The summed E-state index contributed by atoms with van der Waals surface area (Å²) < 4.78 is 5.86. The summed E-state index contributed by atoms with van der Waals surface area (Å²) in [5, 5.41) is 5.11. The van der Waals surface area contributed by atoms with Gasteiger partial charge in [-0.05, 0) is 68.1 Å². The standard InChI is InChI=1S/C25H29N3O2S/c1-17-10-11-23-20(13-17)14-21(24(29)27-23)15-28(16-22-9-6-12-30-22)25(31)26-18(2)19-7-4-3-5-8-19/h3-5,7-8,10-11,13-14,18,22H,6,9,12,15-16H2,1-2H3,(H,26,31)(H,27,29). The average molecular weight is 436 g/mol. The highest BCUT2D eigenvalue weighted by atomic mass is 32.1. The van der Waals surface area contributed by atoms with Gasteiger partial charge >= 0.3 is 0 Å². The topological polar surface area (TPSA) is 57.4 Å². The molecule has 0 aliphatic carbocycles. The Morgan fingerprint density at radius 3 is 2.81 bits per heavy atom. The van der Waals surface area contributed by atoms with Crippen LogP contribution in [0.15, 0.2) is 59.4 Å². The summed E-state index contributed by atoms with van der Waals surface area (Å²) in [6.45, 7) is 6.04. The molecule has 0 spiro atoms. The lowest BCUT2D eigenvalue weighted by molar-refractivity contribution is 0.0895. The van der Waals surface area contributed by atoms with Crippen molar-refractivity contribution in [1.29, 1.82) is 0 Å². The highest BCUT2D eigenvalue weighted by molar-refractivity contribution is 7.80. The smallest absolute Gasteiger partial charge is 0.253 e. The van der Waals surface area contributed by atoms with Crippen LogP contribution in [-0.4, -0.2) is 34.3 Å². The number of benzene rings is 2. The zero-order chi connectivity index (χ0) is 21.8. The fraction of sp³-hybridized carbons (Fsp3) is 0.360. The summed E-state index contributed by atoms with van der Waals surface area (Å²) >= 11 is 5.79. The molecule has 5 nitrogen and oxygen atoms in total. The van der Waals surface area contributed by atoms with Gasteiger partial charge in [0.1, 0.15) is 0 Å². The third kappa shape index (κ3) is 5.32. The quantitative estimate of drug-likeness (QED) is 0.560. The Labute approximate surface area is 188 Å². The van der Waals surface area contributed by atoms with Gasteiger partial charge in [-0.3, -0.25) is 4.79 Å². The molecule has 3 aromatic rings. The van der Waals surface area contributed by atoms with Crippen molar-refractivity contribution in [3.63, 3.8) is 0 Å². The van der Waals surface area contributed by atoms with Crippen molar-refractivity contribution in [3.05, 3.63) is 81.6 Å². The molecule has 1 aliphatic rings. The van der Waals surface area contributed by atoms with E-state index < -0.39 is 0 Å². The molecule has 0 saturated carbocycles. The van der Waals surface area contributed by atoms with Crippen LogP contribution < -0.4 is 10.9 Å². The zero-order valence-corrected chi connectivity index (χ0v) is 18.9. The molecule has 2 aromatic carbocycles.